The maximum Gasteiger partial charge on any atom is 0.264 e. The molecule has 1 atom stereocenters. The number of rotatable bonds is 13. The monoisotopic (exact) mass is 651 g/mol. The number of benzene rings is 4. The second-order valence-electron chi connectivity index (χ2n) is 10.2. The van der Waals surface area contributed by atoms with Gasteiger partial charge in [0.1, 0.15) is 12.6 Å². The molecule has 4 aromatic carbocycles. The first-order valence-corrected chi connectivity index (χ1v) is 16.5. The fourth-order valence-corrected chi connectivity index (χ4v) is 6.58. The van der Waals surface area contributed by atoms with Gasteiger partial charge < -0.3 is 10.2 Å². The molecule has 0 heterocycles. The van der Waals surface area contributed by atoms with Gasteiger partial charge in [-0.3, -0.25) is 13.9 Å². The van der Waals surface area contributed by atoms with E-state index in [0.717, 1.165) is 21.9 Å². The maximum absolute atomic E-state index is 14.4. The predicted octanol–water partition coefficient (Wildman–Crippen LogP) is 6.53. The molecule has 0 fully saturated rings. The Morgan fingerprint density at radius 1 is 0.773 bits per heavy atom. The summed E-state index contributed by atoms with van der Waals surface area (Å²) in [5.41, 5.74) is 2.85. The van der Waals surface area contributed by atoms with E-state index in [1.54, 1.807) is 55.5 Å². The standard InChI is InChI=1S/C34H35Cl2N3O4S/c1-3-25-15-18-28(19-16-25)39(44(42,43)29-13-9-6-10-14-29)24-33(40)38(23-27-17-20-30(35)31(36)21-27)32(34(41)37-4-2)22-26-11-7-5-8-12-26/h5-21,32H,3-4,22-24H2,1-2H3,(H,37,41)/t32-/m0/s1. The molecule has 230 valence electrons. The lowest BCUT2D eigenvalue weighted by Crippen LogP contribution is -2.53. The Morgan fingerprint density at radius 2 is 1.39 bits per heavy atom. The van der Waals surface area contributed by atoms with Crippen molar-refractivity contribution in [3.63, 3.8) is 0 Å². The summed E-state index contributed by atoms with van der Waals surface area (Å²) in [4.78, 5) is 29.4. The Morgan fingerprint density at radius 3 is 1.98 bits per heavy atom. The maximum atomic E-state index is 14.4. The second kappa shape index (κ2) is 15.2. The third-order valence-electron chi connectivity index (χ3n) is 7.20. The summed E-state index contributed by atoms with van der Waals surface area (Å²) in [6.45, 7) is 3.63. The van der Waals surface area contributed by atoms with Crippen molar-refractivity contribution in [2.75, 3.05) is 17.4 Å². The molecule has 0 aliphatic rings. The van der Waals surface area contributed by atoms with Crippen LogP contribution in [0.5, 0.6) is 0 Å². The van der Waals surface area contributed by atoms with Crippen LogP contribution in [0.1, 0.15) is 30.5 Å². The second-order valence-corrected chi connectivity index (χ2v) is 12.9. The van der Waals surface area contributed by atoms with Gasteiger partial charge in [0, 0.05) is 19.5 Å². The number of carbonyl (C=O) groups is 2. The summed E-state index contributed by atoms with van der Waals surface area (Å²) in [5, 5.41) is 3.51. The molecule has 0 saturated heterocycles. The average molecular weight is 653 g/mol. The fraction of sp³-hybridized carbons (Fsp3) is 0.235. The molecule has 0 aromatic heterocycles. The third kappa shape index (κ3) is 8.20. The van der Waals surface area contributed by atoms with Gasteiger partial charge in [-0.15, -0.1) is 0 Å². The molecule has 0 saturated carbocycles. The van der Waals surface area contributed by atoms with Gasteiger partial charge in [0.2, 0.25) is 11.8 Å². The number of nitrogens with zero attached hydrogens (tertiary/aromatic N) is 2. The van der Waals surface area contributed by atoms with Gasteiger partial charge in [0.25, 0.3) is 10.0 Å². The minimum absolute atomic E-state index is 0.00163. The number of aryl methyl sites for hydroxylation is 1. The van der Waals surface area contributed by atoms with Crippen molar-refractivity contribution < 1.29 is 18.0 Å². The highest BCUT2D eigenvalue weighted by atomic mass is 35.5. The number of likely N-dealkylation sites (N-methyl/N-ethyl adjacent to an activating group) is 1. The quantitative estimate of drug-likeness (QED) is 0.178. The summed E-state index contributed by atoms with van der Waals surface area (Å²) in [6.07, 6.45) is 0.992. The molecule has 0 unspecified atom stereocenters. The van der Waals surface area contributed by atoms with Crippen molar-refractivity contribution in [3.05, 3.63) is 130 Å². The molecule has 4 rings (SSSR count). The number of halogens is 2. The van der Waals surface area contributed by atoms with Gasteiger partial charge in [-0.25, -0.2) is 8.42 Å². The van der Waals surface area contributed by atoms with Crippen LogP contribution in [0.25, 0.3) is 0 Å². The van der Waals surface area contributed by atoms with Crippen molar-refractivity contribution in [2.24, 2.45) is 0 Å². The molecular weight excluding hydrogens is 617 g/mol. The lowest BCUT2D eigenvalue weighted by molar-refractivity contribution is -0.140. The van der Waals surface area contributed by atoms with Gasteiger partial charge in [-0.2, -0.15) is 0 Å². The van der Waals surface area contributed by atoms with Crippen LogP contribution in [0, 0.1) is 0 Å². The Hall–Kier alpha value is -3.85. The van der Waals surface area contributed by atoms with Crippen molar-refractivity contribution >= 4 is 50.7 Å². The number of hydrogen-bond donors (Lipinski definition) is 1. The molecule has 7 nitrogen and oxygen atoms in total. The van der Waals surface area contributed by atoms with E-state index in [-0.39, 0.29) is 23.8 Å². The van der Waals surface area contributed by atoms with Gasteiger partial charge in [0.05, 0.1) is 20.6 Å². The number of carbonyl (C=O) groups excluding carboxylic acids is 2. The summed E-state index contributed by atoms with van der Waals surface area (Å²) in [7, 11) is -4.16. The van der Waals surface area contributed by atoms with Crippen LogP contribution in [-0.2, 0) is 39.0 Å². The molecule has 44 heavy (non-hydrogen) atoms. The zero-order valence-electron chi connectivity index (χ0n) is 24.6. The molecule has 2 amide bonds. The van der Waals surface area contributed by atoms with E-state index < -0.39 is 28.5 Å². The molecule has 0 spiro atoms. The van der Waals surface area contributed by atoms with E-state index in [1.165, 1.54) is 17.0 Å². The van der Waals surface area contributed by atoms with Crippen LogP contribution < -0.4 is 9.62 Å². The number of hydrogen-bond acceptors (Lipinski definition) is 4. The fourth-order valence-electron chi connectivity index (χ4n) is 4.83. The Balaban J connectivity index is 1.80. The Bertz CT molecular complexity index is 1670. The van der Waals surface area contributed by atoms with Crippen LogP contribution >= 0.6 is 23.2 Å². The summed E-state index contributed by atoms with van der Waals surface area (Å²) in [5.74, 6) is -0.906. The molecular formula is C34H35Cl2N3O4S. The van der Waals surface area contributed by atoms with Crippen molar-refractivity contribution in [1.82, 2.24) is 10.2 Å². The SMILES string of the molecule is CCNC(=O)[C@H](Cc1ccccc1)N(Cc1ccc(Cl)c(Cl)c1)C(=O)CN(c1ccc(CC)cc1)S(=O)(=O)c1ccccc1. The molecule has 10 heteroatoms. The average Bonchev–Trinajstić information content (AvgIpc) is 3.04. The Labute approximate surface area is 269 Å². The van der Waals surface area contributed by atoms with Crippen LogP contribution in [0.15, 0.2) is 108 Å². The molecule has 0 bridgehead atoms. The summed E-state index contributed by atoms with van der Waals surface area (Å²) < 4.78 is 29.2. The third-order valence-corrected chi connectivity index (χ3v) is 9.73. The molecule has 0 aliphatic carbocycles. The zero-order valence-corrected chi connectivity index (χ0v) is 26.9. The minimum atomic E-state index is -4.16. The van der Waals surface area contributed by atoms with Crippen LogP contribution in [0.2, 0.25) is 10.0 Å². The lowest BCUT2D eigenvalue weighted by atomic mass is 10.0. The van der Waals surface area contributed by atoms with E-state index in [2.05, 4.69) is 5.32 Å². The summed E-state index contributed by atoms with van der Waals surface area (Å²) in [6, 6.07) is 28.5. The van der Waals surface area contributed by atoms with E-state index in [9.17, 15) is 18.0 Å². The van der Waals surface area contributed by atoms with Crippen LogP contribution in [-0.4, -0.2) is 44.3 Å². The van der Waals surface area contributed by atoms with Gasteiger partial charge in [0.15, 0.2) is 0 Å². The van der Waals surface area contributed by atoms with Gasteiger partial charge in [-0.05, 0) is 66.4 Å². The van der Waals surface area contributed by atoms with E-state index in [1.807, 2.05) is 49.4 Å². The number of nitrogens with one attached hydrogen (secondary N) is 1. The minimum Gasteiger partial charge on any atom is -0.355 e. The van der Waals surface area contributed by atoms with Gasteiger partial charge >= 0.3 is 0 Å². The molecule has 0 radical (unpaired) electrons. The van der Waals surface area contributed by atoms with E-state index in [4.69, 9.17) is 23.2 Å². The normalized spacial score (nSPS) is 11.9. The molecule has 4 aromatic rings. The highest BCUT2D eigenvalue weighted by molar-refractivity contribution is 7.92. The van der Waals surface area contributed by atoms with Crippen molar-refractivity contribution in [3.8, 4) is 0 Å². The predicted molar refractivity (Wildman–Crippen MR) is 176 cm³/mol. The van der Waals surface area contributed by atoms with E-state index >= 15 is 0 Å². The summed E-state index contributed by atoms with van der Waals surface area (Å²) >= 11 is 12.5. The number of sulfonamides is 1. The molecule has 1 N–H and O–H groups in total. The van der Waals surface area contributed by atoms with Crippen LogP contribution in [0.4, 0.5) is 5.69 Å². The lowest BCUT2D eigenvalue weighted by Gasteiger charge is -2.34. The van der Waals surface area contributed by atoms with Gasteiger partial charge in [-0.1, -0.05) is 96.9 Å². The Kier molecular flexibility index (Phi) is 11.4. The first-order chi connectivity index (χ1) is 21.1. The highest BCUT2D eigenvalue weighted by Crippen LogP contribution is 2.27. The largest absolute Gasteiger partial charge is 0.355 e. The smallest absolute Gasteiger partial charge is 0.264 e. The first kappa shape index (κ1) is 33.1. The topological polar surface area (TPSA) is 86.8 Å². The van der Waals surface area contributed by atoms with E-state index in [0.29, 0.717) is 27.8 Å². The first-order valence-electron chi connectivity index (χ1n) is 14.4. The van der Waals surface area contributed by atoms with Crippen molar-refractivity contribution in [1.29, 1.82) is 0 Å². The zero-order chi connectivity index (χ0) is 31.7. The highest BCUT2D eigenvalue weighted by Gasteiger charge is 2.34. The molecule has 0 aliphatic heterocycles. The number of amides is 2. The number of anilines is 1. The van der Waals surface area contributed by atoms with Crippen molar-refractivity contribution in [2.45, 2.75) is 44.2 Å². The van der Waals surface area contributed by atoms with Crippen LogP contribution in [0.3, 0.4) is 0 Å².